The minimum absolute atomic E-state index is 0.104. The first-order valence-electron chi connectivity index (χ1n) is 11.6. The van der Waals surface area contributed by atoms with Gasteiger partial charge < -0.3 is 4.57 Å². The minimum Gasteiger partial charge on any atom is -0.332 e. The van der Waals surface area contributed by atoms with Gasteiger partial charge in [0, 0.05) is 39.3 Å². The third-order valence-corrected chi connectivity index (χ3v) is 7.09. The molecule has 178 valence electrons. The van der Waals surface area contributed by atoms with E-state index in [0.29, 0.717) is 35.2 Å². The molecule has 0 bridgehead atoms. The van der Waals surface area contributed by atoms with Crippen LogP contribution in [0.1, 0.15) is 18.4 Å². The second-order valence-corrected chi connectivity index (χ2v) is 9.55. The first-order valence-corrected chi connectivity index (χ1v) is 12.0. The highest BCUT2D eigenvalue weighted by atomic mass is 35.5. The van der Waals surface area contributed by atoms with Crippen LogP contribution in [0.15, 0.2) is 52.8 Å². The van der Waals surface area contributed by atoms with E-state index < -0.39 is 0 Å². The zero-order valence-electron chi connectivity index (χ0n) is 19.8. The molecule has 9 nitrogen and oxygen atoms in total. The number of aryl methyl sites for hydroxylation is 1. The normalized spacial score (nSPS) is 14.5. The van der Waals surface area contributed by atoms with Crippen LogP contribution in [0.25, 0.3) is 33.3 Å². The summed E-state index contributed by atoms with van der Waals surface area (Å²) in [6, 6.07) is 7.78. The van der Waals surface area contributed by atoms with E-state index in [1.54, 1.807) is 35.8 Å². The molecule has 10 heteroatoms. The smallest absolute Gasteiger partial charge is 0.331 e. The molecule has 0 unspecified atom stereocenters. The van der Waals surface area contributed by atoms with Crippen molar-refractivity contribution in [3.63, 3.8) is 0 Å². The lowest BCUT2D eigenvalue weighted by atomic mass is 10.1. The van der Waals surface area contributed by atoms with Gasteiger partial charge in [-0.05, 0) is 36.5 Å². The van der Waals surface area contributed by atoms with Crippen LogP contribution < -0.4 is 11.2 Å². The van der Waals surface area contributed by atoms with Gasteiger partial charge in [-0.1, -0.05) is 23.7 Å². The predicted molar refractivity (Wildman–Crippen MR) is 135 cm³/mol. The number of para-hydroxylation sites is 1. The lowest BCUT2D eigenvalue weighted by Gasteiger charge is -2.11. The average Bonchev–Trinajstić information content (AvgIpc) is 3.47. The van der Waals surface area contributed by atoms with Crippen LogP contribution in [0.4, 0.5) is 0 Å². The molecule has 4 aromatic heterocycles. The Kier molecular flexibility index (Phi) is 5.10. The number of halogens is 1. The first kappa shape index (κ1) is 21.8. The molecule has 4 heterocycles. The monoisotopic (exact) mass is 488 g/mol. The van der Waals surface area contributed by atoms with Crippen molar-refractivity contribution < 1.29 is 0 Å². The molecule has 0 spiro atoms. The number of imidazole rings is 1. The summed E-state index contributed by atoms with van der Waals surface area (Å²) >= 11 is 6.43. The Balaban J connectivity index is 1.68. The van der Waals surface area contributed by atoms with Crippen molar-refractivity contribution in [1.29, 1.82) is 0 Å². The zero-order valence-corrected chi connectivity index (χ0v) is 20.6. The summed E-state index contributed by atoms with van der Waals surface area (Å²) in [5.74, 6) is 0.511. The van der Waals surface area contributed by atoms with E-state index in [-0.39, 0.29) is 5.69 Å². The van der Waals surface area contributed by atoms with Gasteiger partial charge in [0.15, 0.2) is 5.65 Å². The fourth-order valence-electron chi connectivity index (χ4n) is 4.82. The molecule has 5 aromatic rings. The van der Waals surface area contributed by atoms with Crippen LogP contribution in [0.5, 0.6) is 0 Å². The van der Waals surface area contributed by atoms with E-state index in [1.807, 2.05) is 46.8 Å². The number of fused-ring (bicyclic) bond motifs is 2. The standard InChI is InChI=1S/C25H25ClN8O/c1-27-23-20-22(19-11-28-14-31(19)2)34(13-16-9-10-29-21-17(16)5-4-6-18(21)26)30-24(20)33(12-15-7-8-15)25(35)32(23)3/h4-6,9-11,14-15H,7-8,12-13H2,1-3H3. The molecule has 6 rings (SSSR count). The van der Waals surface area contributed by atoms with Crippen LogP contribution in [0.3, 0.4) is 0 Å². The number of nitrogens with zero attached hydrogens (tertiary/aromatic N) is 8. The SMILES string of the molecule is CN=c1c2c(-c3cncn3C)n(Cc3ccnc4c(Cl)cccc34)nc2n(CC2CC2)c(=O)n1C. The minimum atomic E-state index is -0.104. The Morgan fingerprint density at radius 3 is 2.74 bits per heavy atom. The summed E-state index contributed by atoms with van der Waals surface area (Å²) in [6.07, 6.45) is 7.63. The third kappa shape index (κ3) is 3.49. The van der Waals surface area contributed by atoms with Crippen LogP contribution in [-0.2, 0) is 27.2 Å². The number of pyridine rings is 1. The van der Waals surface area contributed by atoms with E-state index in [2.05, 4.69) is 15.0 Å². The molecule has 1 aliphatic carbocycles. The average molecular weight is 489 g/mol. The third-order valence-electron chi connectivity index (χ3n) is 6.79. The second-order valence-electron chi connectivity index (χ2n) is 9.14. The highest BCUT2D eigenvalue weighted by Gasteiger charge is 2.27. The Hall–Kier alpha value is -3.72. The van der Waals surface area contributed by atoms with Gasteiger partial charge in [0.05, 0.1) is 46.4 Å². The Morgan fingerprint density at radius 2 is 2.03 bits per heavy atom. The Labute approximate surface area is 206 Å². The fourth-order valence-corrected chi connectivity index (χ4v) is 5.04. The highest BCUT2D eigenvalue weighted by molar-refractivity contribution is 6.35. The summed E-state index contributed by atoms with van der Waals surface area (Å²) in [6.45, 7) is 1.13. The summed E-state index contributed by atoms with van der Waals surface area (Å²) < 4.78 is 7.34. The van der Waals surface area contributed by atoms with E-state index >= 15 is 0 Å². The van der Waals surface area contributed by atoms with Crippen molar-refractivity contribution >= 4 is 33.5 Å². The summed E-state index contributed by atoms with van der Waals surface area (Å²) in [7, 11) is 5.44. The van der Waals surface area contributed by atoms with E-state index in [0.717, 1.165) is 46.1 Å². The molecule has 0 saturated heterocycles. The lowest BCUT2D eigenvalue weighted by molar-refractivity contribution is 0.569. The maximum absolute atomic E-state index is 13.3. The summed E-state index contributed by atoms with van der Waals surface area (Å²) in [5.41, 5.74) is 4.69. The van der Waals surface area contributed by atoms with Crippen molar-refractivity contribution in [3.8, 4) is 11.4 Å². The van der Waals surface area contributed by atoms with Crippen molar-refractivity contribution in [2.45, 2.75) is 25.9 Å². The summed E-state index contributed by atoms with van der Waals surface area (Å²) in [4.78, 5) is 26.7. The predicted octanol–water partition coefficient (Wildman–Crippen LogP) is 3.13. The fraction of sp³-hybridized carbons (Fsp3) is 0.320. The molecule has 0 radical (unpaired) electrons. The molecule has 0 amide bonds. The molecule has 1 fully saturated rings. The zero-order chi connectivity index (χ0) is 24.3. The van der Waals surface area contributed by atoms with E-state index in [9.17, 15) is 4.79 Å². The van der Waals surface area contributed by atoms with Gasteiger partial charge in [-0.15, -0.1) is 0 Å². The second kappa shape index (κ2) is 8.20. The van der Waals surface area contributed by atoms with Crippen LogP contribution in [-0.4, -0.2) is 40.5 Å². The molecule has 35 heavy (non-hydrogen) atoms. The van der Waals surface area contributed by atoms with Gasteiger partial charge in [0.1, 0.15) is 5.49 Å². The van der Waals surface area contributed by atoms with Crippen molar-refractivity contribution in [2.24, 2.45) is 25.0 Å². The lowest BCUT2D eigenvalue weighted by Crippen LogP contribution is -2.39. The topological polar surface area (TPSA) is 87.8 Å². The maximum Gasteiger partial charge on any atom is 0.331 e. The summed E-state index contributed by atoms with van der Waals surface area (Å²) in [5, 5.41) is 7.46. The number of hydrogen-bond donors (Lipinski definition) is 0. The van der Waals surface area contributed by atoms with Gasteiger partial charge in [-0.2, -0.15) is 5.10 Å². The van der Waals surface area contributed by atoms with Crippen molar-refractivity contribution in [1.82, 2.24) is 33.4 Å². The van der Waals surface area contributed by atoms with Crippen LogP contribution in [0, 0.1) is 5.92 Å². The number of rotatable bonds is 5. The molecule has 0 atom stereocenters. The Morgan fingerprint density at radius 1 is 1.20 bits per heavy atom. The molecular weight excluding hydrogens is 464 g/mol. The van der Waals surface area contributed by atoms with Gasteiger partial charge in [0.2, 0.25) is 0 Å². The van der Waals surface area contributed by atoms with Crippen molar-refractivity contribution in [2.75, 3.05) is 7.05 Å². The molecule has 0 N–H and O–H groups in total. The molecular formula is C25H25ClN8O. The molecule has 1 saturated carbocycles. The van der Waals surface area contributed by atoms with Crippen molar-refractivity contribution in [3.05, 3.63) is 69.5 Å². The quantitative estimate of drug-likeness (QED) is 0.380. The van der Waals surface area contributed by atoms with Gasteiger partial charge >= 0.3 is 5.69 Å². The van der Waals surface area contributed by atoms with Crippen LogP contribution >= 0.6 is 11.6 Å². The Bertz CT molecular complexity index is 1730. The largest absolute Gasteiger partial charge is 0.332 e. The molecule has 1 aliphatic rings. The highest BCUT2D eigenvalue weighted by Crippen LogP contribution is 2.33. The van der Waals surface area contributed by atoms with E-state index in [4.69, 9.17) is 16.7 Å². The molecule has 1 aromatic carbocycles. The van der Waals surface area contributed by atoms with Gasteiger partial charge in [-0.25, -0.2) is 9.78 Å². The van der Waals surface area contributed by atoms with E-state index in [1.165, 1.54) is 0 Å². The molecule has 0 aliphatic heterocycles. The van der Waals surface area contributed by atoms with Gasteiger partial charge in [0.25, 0.3) is 0 Å². The number of aromatic nitrogens is 7. The number of benzene rings is 1. The van der Waals surface area contributed by atoms with Gasteiger partial charge in [-0.3, -0.25) is 23.8 Å². The first-order chi connectivity index (χ1) is 17.0. The number of hydrogen-bond acceptors (Lipinski definition) is 5. The van der Waals surface area contributed by atoms with Crippen LogP contribution in [0.2, 0.25) is 5.02 Å². The maximum atomic E-state index is 13.3.